The third kappa shape index (κ3) is 5.99. The van der Waals surface area contributed by atoms with Gasteiger partial charge in [-0.05, 0) is 42.5 Å². The molecule has 128 valence electrons. The zero-order valence-corrected chi connectivity index (χ0v) is 14.3. The Morgan fingerprint density at radius 1 is 1.04 bits per heavy atom. The minimum Gasteiger partial charge on any atom is -0.482 e. The number of anilines is 1. The molecule has 8 heteroatoms. The summed E-state index contributed by atoms with van der Waals surface area (Å²) in [5, 5.41) is 12.3. The van der Waals surface area contributed by atoms with Crippen molar-refractivity contribution in [2.45, 2.75) is 0 Å². The van der Waals surface area contributed by atoms with Crippen molar-refractivity contribution < 1.29 is 19.1 Å². The Bertz CT molecular complexity index is 816. The highest BCUT2D eigenvalue weighted by Gasteiger charge is 2.11. The summed E-state index contributed by atoms with van der Waals surface area (Å²) in [6, 6.07) is 12.8. The van der Waals surface area contributed by atoms with Crippen LogP contribution in [0.25, 0.3) is 0 Å². The molecule has 0 aliphatic heterocycles. The second kappa shape index (κ2) is 8.92. The van der Waals surface area contributed by atoms with Crippen LogP contribution in [-0.4, -0.2) is 25.1 Å². The molecule has 0 bridgehead atoms. The van der Waals surface area contributed by atoms with E-state index in [1.54, 1.807) is 24.3 Å². The molecule has 0 radical (unpaired) electrons. The van der Waals surface area contributed by atoms with Gasteiger partial charge >= 0.3 is 5.97 Å². The fourth-order valence-electron chi connectivity index (χ4n) is 1.76. The zero-order chi connectivity index (χ0) is 18.2. The Labute approximate surface area is 153 Å². The van der Waals surface area contributed by atoms with Gasteiger partial charge in [-0.1, -0.05) is 23.2 Å². The number of carbonyl (C=O) groups is 2. The second-order valence-electron chi connectivity index (χ2n) is 4.75. The summed E-state index contributed by atoms with van der Waals surface area (Å²) in [5.41, 5.74) is 0.489. The number of nitrogens with one attached hydrogen (secondary N) is 1. The first-order valence-electron chi connectivity index (χ1n) is 7.01. The molecule has 0 unspecified atom stereocenters. The minimum atomic E-state index is -0.711. The number of nitrogens with zero attached hydrogens (tertiary/aromatic N) is 1. The van der Waals surface area contributed by atoms with Crippen molar-refractivity contribution in [3.05, 3.63) is 58.1 Å². The largest absolute Gasteiger partial charge is 0.482 e. The topological polar surface area (TPSA) is 88.4 Å². The molecule has 2 rings (SSSR count). The SMILES string of the molecule is N#Cc1ccc(Cl)cc1NC(=O)COC(=O)COc1ccc(Cl)cc1. The third-order valence-corrected chi connectivity index (χ3v) is 3.40. The van der Waals surface area contributed by atoms with Gasteiger partial charge in [-0.15, -0.1) is 0 Å². The lowest BCUT2D eigenvalue weighted by Gasteiger charge is -2.09. The van der Waals surface area contributed by atoms with Crippen molar-refractivity contribution in [2.75, 3.05) is 18.5 Å². The number of hydrogen-bond donors (Lipinski definition) is 1. The molecule has 2 aromatic rings. The molecular weight excluding hydrogens is 367 g/mol. The van der Waals surface area contributed by atoms with Gasteiger partial charge in [0.05, 0.1) is 11.3 Å². The molecule has 0 atom stereocenters. The van der Waals surface area contributed by atoms with Crippen molar-refractivity contribution in [1.29, 1.82) is 5.26 Å². The van der Waals surface area contributed by atoms with E-state index in [1.165, 1.54) is 18.2 Å². The van der Waals surface area contributed by atoms with Gasteiger partial charge in [0.1, 0.15) is 11.8 Å². The summed E-state index contributed by atoms with van der Waals surface area (Å²) in [4.78, 5) is 23.4. The molecule has 0 spiro atoms. The highest BCUT2D eigenvalue weighted by Crippen LogP contribution is 2.20. The molecule has 0 saturated heterocycles. The monoisotopic (exact) mass is 378 g/mol. The Kier molecular flexibility index (Phi) is 6.63. The van der Waals surface area contributed by atoms with Crippen LogP contribution in [0.2, 0.25) is 10.0 Å². The van der Waals surface area contributed by atoms with E-state index in [4.69, 9.17) is 37.9 Å². The maximum atomic E-state index is 11.8. The quantitative estimate of drug-likeness (QED) is 0.777. The molecule has 0 aromatic heterocycles. The van der Waals surface area contributed by atoms with Crippen LogP contribution in [0.1, 0.15) is 5.56 Å². The lowest BCUT2D eigenvalue weighted by atomic mass is 10.2. The molecule has 0 saturated carbocycles. The van der Waals surface area contributed by atoms with Crippen LogP contribution < -0.4 is 10.1 Å². The van der Waals surface area contributed by atoms with Crippen molar-refractivity contribution in [2.24, 2.45) is 0 Å². The molecule has 0 aliphatic carbocycles. The van der Waals surface area contributed by atoms with E-state index < -0.39 is 18.5 Å². The van der Waals surface area contributed by atoms with E-state index in [0.717, 1.165) is 0 Å². The number of hydrogen-bond acceptors (Lipinski definition) is 5. The lowest BCUT2D eigenvalue weighted by molar-refractivity contribution is -0.149. The fraction of sp³-hybridized carbons (Fsp3) is 0.118. The highest BCUT2D eigenvalue weighted by atomic mass is 35.5. The number of nitriles is 1. The van der Waals surface area contributed by atoms with Crippen molar-refractivity contribution in [3.63, 3.8) is 0 Å². The van der Waals surface area contributed by atoms with Gasteiger partial charge in [-0.25, -0.2) is 4.79 Å². The van der Waals surface area contributed by atoms with E-state index >= 15 is 0 Å². The van der Waals surface area contributed by atoms with Gasteiger partial charge in [0.2, 0.25) is 0 Å². The molecule has 6 nitrogen and oxygen atoms in total. The van der Waals surface area contributed by atoms with Crippen LogP contribution >= 0.6 is 23.2 Å². The van der Waals surface area contributed by atoms with Crippen LogP contribution in [0.15, 0.2) is 42.5 Å². The van der Waals surface area contributed by atoms with Crippen molar-refractivity contribution >= 4 is 40.8 Å². The fourth-order valence-corrected chi connectivity index (χ4v) is 2.06. The van der Waals surface area contributed by atoms with Gasteiger partial charge in [0.15, 0.2) is 13.2 Å². The van der Waals surface area contributed by atoms with E-state index in [0.29, 0.717) is 15.8 Å². The number of carbonyl (C=O) groups excluding carboxylic acids is 2. The standard InChI is InChI=1S/C17H12Cl2N2O4/c18-12-3-5-14(6-4-12)24-10-17(23)25-9-16(22)21-15-7-13(19)2-1-11(15)8-20/h1-7H,9-10H2,(H,21,22). The average molecular weight is 379 g/mol. The summed E-state index contributed by atoms with van der Waals surface area (Å²) in [6.07, 6.45) is 0. The maximum absolute atomic E-state index is 11.8. The molecule has 2 aromatic carbocycles. The number of halogens is 2. The number of rotatable bonds is 6. The van der Waals surface area contributed by atoms with Crippen LogP contribution in [-0.2, 0) is 14.3 Å². The first-order valence-corrected chi connectivity index (χ1v) is 7.77. The lowest BCUT2D eigenvalue weighted by Crippen LogP contribution is -2.24. The maximum Gasteiger partial charge on any atom is 0.344 e. The predicted molar refractivity (Wildman–Crippen MR) is 92.7 cm³/mol. The van der Waals surface area contributed by atoms with Crippen LogP contribution in [0, 0.1) is 11.3 Å². The van der Waals surface area contributed by atoms with Crippen molar-refractivity contribution in [1.82, 2.24) is 0 Å². The average Bonchev–Trinajstić information content (AvgIpc) is 2.59. The summed E-state index contributed by atoms with van der Waals surface area (Å²) in [7, 11) is 0. The number of benzene rings is 2. The number of esters is 1. The normalized spacial score (nSPS) is 9.80. The van der Waals surface area contributed by atoms with E-state index in [-0.39, 0.29) is 17.9 Å². The highest BCUT2D eigenvalue weighted by molar-refractivity contribution is 6.31. The van der Waals surface area contributed by atoms with Gasteiger partial charge in [-0.2, -0.15) is 5.26 Å². The van der Waals surface area contributed by atoms with Crippen LogP contribution in [0.5, 0.6) is 5.75 Å². The Balaban J connectivity index is 1.79. The molecule has 0 fully saturated rings. The van der Waals surface area contributed by atoms with Gasteiger partial charge in [0, 0.05) is 10.0 Å². The first kappa shape index (κ1) is 18.6. The van der Waals surface area contributed by atoms with Crippen LogP contribution in [0.3, 0.4) is 0 Å². The number of amides is 1. The summed E-state index contributed by atoms with van der Waals surface area (Å²) in [5.74, 6) is -0.862. The zero-order valence-electron chi connectivity index (χ0n) is 12.8. The molecule has 25 heavy (non-hydrogen) atoms. The molecule has 0 aliphatic rings. The van der Waals surface area contributed by atoms with Gasteiger partial charge in [-0.3, -0.25) is 4.79 Å². The second-order valence-corrected chi connectivity index (χ2v) is 5.63. The Morgan fingerprint density at radius 3 is 2.40 bits per heavy atom. The van der Waals surface area contributed by atoms with Gasteiger partial charge < -0.3 is 14.8 Å². The summed E-state index contributed by atoms with van der Waals surface area (Å²) >= 11 is 11.6. The first-order chi connectivity index (χ1) is 12.0. The van der Waals surface area contributed by atoms with E-state index in [2.05, 4.69) is 5.32 Å². The summed E-state index contributed by atoms with van der Waals surface area (Å²) < 4.78 is 10.0. The summed E-state index contributed by atoms with van der Waals surface area (Å²) in [6.45, 7) is -0.865. The smallest absolute Gasteiger partial charge is 0.344 e. The van der Waals surface area contributed by atoms with Gasteiger partial charge in [0.25, 0.3) is 5.91 Å². The van der Waals surface area contributed by atoms with Crippen molar-refractivity contribution in [3.8, 4) is 11.8 Å². The molecule has 1 amide bonds. The predicted octanol–water partition coefficient (Wildman–Crippen LogP) is 3.43. The Morgan fingerprint density at radius 2 is 1.72 bits per heavy atom. The number of ether oxygens (including phenoxy) is 2. The van der Waals surface area contributed by atoms with E-state index in [9.17, 15) is 9.59 Å². The minimum absolute atomic E-state index is 0.244. The molecule has 0 heterocycles. The third-order valence-electron chi connectivity index (χ3n) is 2.91. The Hall–Kier alpha value is -2.75. The van der Waals surface area contributed by atoms with E-state index in [1.807, 2.05) is 6.07 Å². The van der Waals surface area contributed by atoms with Crippen LogP contribution in [0.4, 0.5) is 5.69 Å². The molecular formula is C17H12Cl2N2O4. The molecule has 1 N–H and O–H groups in total.